The predicted octanol–water partition coefficient (Wildman–Crippen LogP) is 2.70. The summed E-state index contributed by atoms with van der Waals surface area (Å²) in [6.45, 7) is 3.81. The average Bonchev–Trinajstić information content (AvgIpc) is 3.57. The Balaban J connectivity index is 1.35. The number of anilines is 1. The summed E-state index contributed by atoms with van der Waals surface area (Å²) in [5, 5.41) is 8.25. The van der Waals surface area contributed by atoms with Crippen LogP contribution in [0.2, 0.25) is 0 Å². The molecule has 0 bridgehead atoms. The van der Waals surface area contributed by atoms with Crippen LogP contribution in [0.4, 0.5) is 5.69 Å². The molecule has 1 amide bonds. The first-order chi connectivity index (χ1) is 19.0. The number of rotatable bonds is 10. The van der Waals surface area contributed by atoms with E-state index in [0.29, 0.717) is 54.7 Å². The largest absolute Gasteiger partial charge is 0.366 e. The number of carbonyl (C=O) groups is 1. The van der Waals surface area contributed by atoms with Gasteiger partial charge in [-0.15, -0.1) is 0 Å². The first-order valence-corrected chi connectivity index (χ1v) is 17.1. The van der Waals surface area contributed by atoms with E-state index in [1.807, 2.05) is 12.1 Å². The fourth-order valence-corrected chi connectivity index (χ4v) is 7.88. The number of aromatic nitrogens is 2. The minimum atomic E-state index is -3.46. The maximum absolute atomic E-state index is 13.0. The molecule has 2 saturated heterocycles. The summed E-state index contributed by atoms with van der Waals surface area (Å²) in [7, 11) is -6.77. The third kappa shape index (κ3) is 6.48. The SMILES string of the molecule is CS(=O)(=O)Nc1cccc(-c2cc(C(N)=O)c3n[nH]c(C4CCN(S(=O)(=O)CCCN5CCCC5)CC4)c3c2)c1. The van der Waals surface area contributed by atoms with E-state index in [-0.39, 0.29) is 17.2 Å². The van der Waals surface area contributed by atoms with Gasteiger partial charge in [0.1, 0.15) is 5.52 Å². The van der Waals surface area contributed by atoms with Gasteiger partial charge in [0.05, 0.1) is 17.6 Å². The van der Waals surface area contributed by atoms with Crippen molar-refractivity contribution in [3.63, 3.8) is 0 Å². The number of nitrogens with two attached hydrogens (primary N) is 1. The lowest BCUT2D eigenvalue weighted by Crippen LogP contribution is -2.39. The van der Waals surface area contributed by atoms with Crippen LogP contribution in [0.3, 0.4) is 0 Å². The van der Waals surface area contributed by atoms with E-state index in [1.165, 1.54) is 12.8 Å². The maximum Gasteiger partial charge on any atom is 0.251 e. The van der Waals surface area contributed by atoms with Crippen molar-refractivity contribution in [2.24, 2.45) is 5.73 Å². The van der Waals surface area contributed by atoms with Crippen LogP contribution in [-0.4, -0.2) is 86.9 Å². The van der Waals surface area contributed by atoms with Gasteiger partial charge in [-0.1, -0.05) is 12.1 Å². The van der Waals surface area contributed by atoms with Crippen molar-refractivity contribution in [2.45, 2.75) is 38.0 Å². The van der Waals surface area contributed by atoms with Gasteiger partial charge >= 0.3 is 0 Å². The van der Waals surface area contributed by atoms with Crippen LogP contribution < -0.4 is 10.5 Å². The number of nitrogens with zero attached hydrogens (tertiary/aromatic N) is 3. The predicted molar refractivity (Wildman–Crippen MR) is 156 cm³/mol. The molecule has 0 atom stereocenters. The van der Waals surface area contributed by atoms with Crippen LogP contribution in [0.5, 0.6) is 0 Å². The number of benzene rings is 2. The molecule has 11 nitrogen and oxygen atoms in total. The van der Waals surface area contributed by atoms with Gasteiger partial charge < -0.3 is 10.6 Å². The smallest absolute Gasteiger partial charge is 0.251 e. The van der Waals surface area contributed by atoms with Crippen molar-refractivity contribution in [2.75, 3.05) is 49.5 Å². The molecule has 216 valence electrons. The molecule has 5 rings (SSSR count). The van der Waals surface area contributed by atoms with E-state index >= 15 is 0 Å². The molecule has 0 aliphatic carbocycles. The second kappa shape index (κ2) is 11.5. The van der Waals surface area contributed by atoms with Gasteiger partial charge in [0.2, 0.25) is 20.0 Å². The zero-order valence-electron chi connectivity index (χ0n) is 22.6. The zero-order valence-corrected chi connectivity index (χ0v) is 24.2. The summed E-state index contributed by atoms with van der Waals surface area (Å²) in [6.07, 6.45) is 5.38. The van der Waals surface area contributed by atoms with Crippen molar-refractivity contribution in [3.8, 4) is 11.1 Å². The number of sulfonamides is 2. The molecule has 2 aliphatic heterocycles. The molecule has 3 heterocycles. The van der Waals surface area contributed by atoms with E-state index in [9.17, 15) is 21.6 Å². The minimum absolute atomic E-state index is 0.0373. The summed E-state index contributed by atoms with van der Waals surface area (Å²) in [5.74, 6) is -0.417. The highest BCUT2D eigenvalue weighted by atomic mass is 32.2. The van der Waals surface area contributed by atoms with Crippen molar-refractivity contribution < 1.29 is 21.6 Å². The number of nitrogens with one attached hydrogen (secondary N) is 2. The summed E-state index contributed by atoms with van der Waals surface area (Å²) in [6, 6.07) is 10.5. The number of hydrogen-bond acceptors (Lipinski definition) is 7. The lowest BCUT2D eigenvalue weighted by molar-refractivity contribution is 0.100. The highest BCUT2D eigenvalue weighted by Gasteiger charge is 2.31. The van der Waals surface area contributed by atoms with Crippen LogP contribution in [0, 0.1) is 0 Å². The lowest BCUT2D eigenvalue weighted by Gasteiger charge is -2.31. The van der Waals surface area contributed by atoms with Crippen molar-refractivity contribution >= 4 is 42.5 Å². The lowest BCUT2D eigenvalue weighted by atomic mass is 9.90. The molecule has 3 aromatic rings. The van der Waals surface area contributed by atoms with Gasteiger partial charge in [0, 0.05) is 35.8 Å². The van der Waals surface area contributed by atoms with E-state index < -0.39 is 26.0 Å². The number of primary amides is 1. The highest BCUT2D eigenvalue weighted by Crippen LogP contribution is 2.36. The summed E-state index contributed by atoms with van der Waals surface area (Å²) >= 11 is 0. The minimum Gasteiger partial charge on any atom is -0.366 e. The Kier molecular flexibility index (Phi) is 8.18. The Labute approximate surface area is 235 Å². The number of likely N-dealkylation sites (tertiary alicyclic amines) is 1. The Hall–Kier alpha value is -3.00. The van der Waals surface area contributed by atoms with Gasteiger partial charge in [-0.2, -0.15) is 5.10 Å². The number of carbonyl (C=O) groups excluding carboxylic acids is 1. The second-order valence-electron chi connectivity index (χ2n) is 10.8. The number of aromatic amines is 1. The van der Waals surface area contributed by atoms with Crippen LogP contribution in [0.15, 0.2) is 36.4 Å². The normalized spacial score (nSPS) is 17.9. The molecular formula is C27H36N6O5S2. The molecule has 2 aliphatic rings. The Morgan fingerprint density at radius 3 is 2.45 bits per heavy atom. The summed E-state index contributed by atoms with van der Waals surface area (Å²) in [4.78, 5) is 14.7. The maximum atomic E-state index is 13.0. The van der Waals surface area contributed by atoms with Crippen LogP contribution in [-0.2, 0) is 20.0 Å². The summed E-state index contributed by atoms with van der Waals surface area (Å²) in [5.41, 5.74) is 9.09. The van der Waals surface area contributed by atoms with E-state index in [4.69, 9.17) is 5.73 Å². The number of amides is 1. The fourth-order valence-electron chi connectivity index (χ4n) is 5.81. The second-order valence-corrected chi connectivity index (χ2v) is 14.6. The van der Waals surface area contributed by atoms with Gasteiger partial charge in [-0.05, 0) is 87.1 Å². The molecule has 1 aromatic heterocycles. The van der Waals surface area contributed by atoms with Crippen LogP contribution in [0.1, 0.15) is 54.1 Å². The number of fused-ring (bicyclic) bond motifs is 1. The Morgan fingerprint density at radius 2 is 1.77 bits per heavy atom. The molecule has 0 saturated carbocycles. The third-order valence-electron chi connectivity index (χ3n) is 7.78. The molecule has 2 fully saturated rings. The van der Waals surface area contributed by atoms with Crippen molar-refractivity contribution in [1.82, 2.24) is 19.4 Å². The average molecular weight is 589 g/mol. The molecule has 2 aromatic carbocycles. The van der Waals surface area contributed by atoms with Gasteiger partial charge in [-0.25, -0.2) is 21.1 Å². The van der Waals surface area contributed by atoms with Gasteiger partial charge in [0.25, 0.3) is 5.91 Å². The van der Waals surface area contributed by atoms with Gasteiger partial charge in [-0.3, -0.25) is 14.6 Å². The summed E-state index contributed by atoms with van der Waals surface area (Å²) < 4.78 is 53.5. The zero-order chi connectivity index (χ0) is 28.5. The highest BCUT2D eigenvalue weighted by molar-refractivity contribution is 7.92. The van der Waals surface area contributed by atoms with E-state index in [1.54, 1.807) is 28.6 Å². The molecule has 13 heteroatoms. The Morgan fingerprint density at radius 1 is 1.05 bits per heavy atom. The molecule has 4 N–H and O–H groups in total. The standard InChI is InChI=1S/C27H36N6O5S2/c1-39(35,36)31-22-7-4-6-20(16-22)21-17-23-25(29-30-26(23)24(18-21)27(28)34)19-8-13-33(14-9-19)40(37,38)15-5-12-32-10-2-3-11-32/h4,6-7,16-19,31H,2-3,5,8-15H2,1H3,(H2,28,34)(H,29,30). The monoisotopic (exact) mass is 588 g/mol. The van der Waals surface area contributed by atoms with Crippen LogP contribution >= 0.6 is 0 Å². The number of piperidine rings is 1. The molecule has 40 heavy (non-hydrogen) atoms. The van der Waals surface area contributed by atoms with Crippen molar-refractivity contribution in [3.05, 3.63) is 47.7 Å². The third-order valence-corrected chi connectivity index (χ3v) is 10.3. The molecule has 0 unspecified atom stereocenters. The number of H-pyrrole nitrogens is 1. The fraction of sp³-hybridized carbons (Fsp3) is 0.481. The first kappa shape index (κ1) is 28.5. The number of hydrogen-bond donors (Lipinski definition) is 3. The molecule has 0 radical (unpaired) electrons. The van der Waals surface area contributed by atoms with Gasteiger partial charge in [0.15, 0.2) is 0 Å². The van der Waals surface area contributed by atoms with Crippen molar-refractivity contribution in [1.29, 1.82) is 0 Å². The Bertz CT molecular complexity index is 1610. The van der Waals surface area contributed by atoms with E-state index in [0.717, 1.165) is 37.0 Å². The first-order valence-electron chi connectivity index (χ1n) is 13.6. The topological polar surface area (TPSA) is 159 Å². The quantitative estimate of drug-likeness (QED) is 0.328. The van der Waals surface area contributed by atoms with Crippen LogP contribution in [0.25, 0.3) is 22.0 Å². The molecule has 0 spiro atoms. The van der Waals surface area contributed by atoms with E-state index in [2.05, 4.69) is 19.8 Å². The molecular weight excluding hydrogens is 552 g/mol.